The number of amides is 2. The summed E-state index contributed by atoms with van der Waals surface area (Å²) in [5.41, 5.74) is 0.883. The van der Waals surface area contributed by atoms with Crippen LogP contribution in [0.1, 0.15) is 20.0 Å². The monoisotopic (exact) mass is 450 g/mol. The van der Waals surface area contributed by atoms with E-state index >= 15 is 0 Å². The number of piperazine rings is 1. The van der Waals surface area contributed by atoms with E-state index in [0.29, 0.717) is 42.3 Å². The van der Waals surface area contributed by atoms with Crippen molar-refractivity contribution >= 4 is 40.6 Å². The number of nitrogens with zero attached hydrogens (tertiary/aromatic N) is 3. The quantitative estimate of drug-likeness (QED) is 0.581. The second-order valence-corrected chi connectivity index (χ2v) is 8.09. The van der Waals surface area contributed by atoms with Gasteiger partial charge in [-0.3, -0.25) is 9.59 Å². The molecule has 0 unspecified atom stereocenters. The number of hydrogen-bond donors (Lipinski definition) is 1. The number of hydrogen-bond acceptors (Lipinski definition) is 7. The number of nitrogens with one attached hydrogen (secondary N) is 1. The smallest absolute Gasteiger partial charge is 0.338 e. The summed E-state index contributed by atoms with van der Waals surface area (Å²) in [6, 6.07) is 15.7. The van der Waals surface area contributed by atoms with Gasteiger partial charge in [-0.15, -0.1) is 11.3 Å². The Morgan fingerprint density at radius 2 is 1.75 bits per heavy atom. The summed E-state index contributed by atoms with van der Waals surface area (Å²) in [5.74, 6) is -0.120. The maximum Gasteiger partial charge on any atom is 0.338 e. The lowest BCUT2D eigenvalue weighted by Gasteiger charge is -2.35. The minimum Gasteiger partial charge on any atom is -0.452 e. The standard InChI is InChI=1S/C23H22N4O4S/c28-21(27-13-11-26(12-14-27)20-5-1-2-10-24-20)16-31-23(30)17-6-8-18(9-7-17)25-22(29)19-4-3-15-32-19/h1-10,15H,11-14,16H2,(H,25,29). The van der Waals surface area contributed by atoms with E-state index in [2.05, 4.69) is 15.2 Å². The zero-order valence-electron chi connectivity index (χ0n) is 17.3. The van der Waals surface area contributed by atoms with Gasteiger partial charge in [-0.25, -0.2) is 9.78 Å². The molecule has 0 radical (unpaired) electrons. The highest BCUT2D eigenvalue weighted by Crippen LogP contribution is 2.15. The normalized spacial score (nSPS) is 13.5. The summed E-state index contributed by atoms with van der Waals surface area (Å²) in [4.78, 5) is 45.6. The molecule has 0 bridgehead atoms. The molecule has 0 atom stereocenters. The molecule has 0 saturated carbocycles. The first-order chi connectivity index (χ1) is 15.6. The van der Waals surface area contributed by atoms with Gasteiger partial charge < -0.3 is 19.9 Å². The Hall–Kier alpha value is -3.72. The molecule has 2 amide bonds. The van der Waals surface area contributed by atoms with E-state index in [-0.39, 0.29) is 18.4 Å². The van der Waals surface area contributed by atoms with Gasteiger partial charge in [0.05, 0.1) is 10.4 Å². The van der Waals surface area contributed by atoms with Crippen LogP contribution in [-0.4, -0.2) is 60.5 Å². The number of carbonyl (C=O) groups excluding carboxylic acids is 3. The van der Waals surface area contributed by atoms with Gasteiger partial charge in [0, 0.05) is 38.1 Å². The molecule has 1 aliphatic rings. The largest absolute Gasteiger partial charge is 0.452 e. The Bertz CT molecular complexity index is 1060. The second-order valence-electron chi connectivity index (χ2n) is 7.14. The molecule has 0 spiro atoms. The van der Waals surface area contributed by atoms with Gasteiger partial charge in [-0.1, -0.05) is 12.1 Å². The predicted octanol–water partition coefficient (Wildman–Crippen LogP) is 2.90. The number of ether oxygens (including phenoxy) is 1. The molecule has 4 rings (SSSR count). The Morgan fingerprint density at radius 3 is 2.41 bits per heavy atom. The maximum absolute atomic E-state index is 12.4. The van der Waals surface area contributed by atoms with E-state index in [4.69, 9.17) is 4.74 Å². The third-order valence-electron chi connectivity index (χ3n) is 5.06. The lowest BCUT2D eigenvalue weighted by molar-refractivity contribution is -0.134. The first-order valence-electron chi connectivity index (χ1n) is 10.2. The Balaban J connectivity index is 1.23. The molecule has 1 aliphatic heterocycles. The summed E-state index contributed by atoms with van der Waals surface area (Å²) >= 11 is 1.35. The highest BCUT2D eigenvalue weighted by atomic mass is 32.1. The van der Waals surface area contributed by atoms with Crippen LogP contribution in [-0.2, 0) is 9.53 Å². The minimum absolute atomic E-state index is 0.205. The zero-order valence-corrected chi connectivity index (χ0v) is 18.1. The van der Waals surface area contributed by atoms with Crippen molar-refractivity contribution in [2.75, 3.05) is 43.0 Å². The molecular weight excluding hydrogens is 428 g/mol. The molecule has 1 saturated heterocycles. The fraction of sp³-hybridized carbons (Fsp3) is 0.217. The fourth-order valence-electron chi connectivity index (χ4n) is 3.32. The van der Waals surface area contributed by atoms with Gasteiger partial charge in [-0.05, 0) is 47.8 Å². The number of rotatable bonds is 6. The molecule has 1 fully saturated rings. The Labute approximate surface area is 189 Å². The van der Waals surface area contributed by atoms with E-state index in [9.17, 15) is 14.4 Å². The van der Waals surface area contributed by atoms with Crippen LogP contribution < -0.4 is 10.2 Å². The maximum atomic E-state index is 12.4. The molecule has 2 aromatic heterocycles. The number of thiophene rings is 1. The SMILES string of the molecule is O=C(OCC(=O)N1CCN(c2ccccn2)CC1)c1ccc(NC(=O)c2cccs2)cc1. The van der Waals surface area contributed by atoms with Crippen molar-refractivity contribution in [2.24, 2.45) is 0 Å². The molecule has 164 valence electrons. The first kappa shape index (κ1) is 21.5. The number of benzene rings is 1. The zero-order chi connectivity index (χ0) is 22.3. The van der Waals surface area contributed by atoms with E-state index in [1.54, 1.807) is 47.5 Å². The molecule has 8 nitrogen and oxygen atoms in total. The Kier molecular flexibility index (Phi) is 6.76. The molecule has 1 aromatic carbocycles. The predicted molar refractivity (Wildman–Crippen MR) is 122 cm³/mol. The van der Waals surface area contributed by atoms with Crippen LogP contribution in [0.5, 0.6) is 0 Å². The van der Waals surface area contributed by atoms with Crippen molar-refractivity contribution in [3.63, 3.8) is 0 Å². The van der Waals surface area contributed by atoms with Gasteiger partial charge in [-0.2, -0.15) is 0 Å². The third-order valence-corrected chi connectivity index (χ3v) is 5.92. The highest BCUT2D eigenvalue weighted by Gasteiger charge is 2.23. The second kappa shape index (κ2) is 10.1. The first-order valence-corrected chi connectivity index (χ1v) is 11.0. The van der Waals surface area contributed by atoms with Crippen LogP contribution >= 0.6 is 11.3 Å². The van der Waals surface area contributed by atoms with Gasteiger partial charge in [0.15, 0.2) is 6.61 Å². The highest BCUT2D eigenvalue weighted by molar-refractivity contribution is 7.12. The molecule has 0 aliphatic carbocycles. The summed E-state index contributed by atoms with van der Waals surface area (Å²) in [6.45, 7) is 2.14. The topological polar surface area (TPSA) is 91.8 Å². The van der Waals surface area contributed by atoms with Crippen LogP contribution in [0.2, 0.25) is 0 Å². The summed E-state index contributed by atoms with van der Waals surface area (Å²) in [5, 5.41) is 4.60. The summed E-state index contributed by atoms with van der Waals surface area (Å²) in [6.07, 6.45) is 1.75. The number of carbonyl (C=O) groups is 3. The van der Waals surface area contributed by atoms with Crippen LogP contribution in [0, 0.1) is 0 Å². The fourth-order valence-corrected chi connectivity index (χ4v) is 3.94. The van der Waals surface area contributed by atoms with Gasteiger partial charge in [0.2, 0.25) is 0 Å². The van der Waals surface area contributed by atoms with E-state index in [1.165, 1.54) is 11.3 Å². The van der Waals surface area contributed by atoms with Crippen molar-refractivity contribution in [3.05, 3.63) is 76.6 Å². The van der Waals surface area contributed by atoms with Crippen molar-refractivity contribution in [2.45, 2.75) is 0 Å². The molecule has 9 heteroatoms. The van der Waals surface area contributed by atoms with Crippen LogP contribution in [0.4, 0.5) is 11.5 Å². The average molecular weight is 451 g/mol. The molecule has 32 heavy (non-hydrogen) atoms. The number of pyridine rings is 1. The summed E-state index contributed by atoms with van der Waals surface area (Å²) in [7, 11) is 0. The van der Waals surface area contributed by atoms with E-state index in [1.807, 2.05) is 23.6 Å². The van der Waals surface area contributed by atoms with Crippen molar-refractivity contribution in [1.29, 1.82) is 0 Å². The lowest BCUT2D eigenvalue weighted by Crippen LogP contribution is -2.50. The number of anilines is 2. The Morgan fingerprint density at radius 1 is 0.969 bits per heavy atom. The van der Waals surface area contributed by atoms with Crippen molar-refractivity contribution < 1.29 is 19.1 Å². The van der Waals surface area contributed by atoms with E-state index in [0.717, 1.165) is 5.82 Å². The molecule has 3 heterocycles. The van der Waals surface area contributed by atoms with Gasteiger partial charge >= 0.3 is 5.97 Å². The van der Waals surface area contributed by atoms with Crippen LogP contribution in [0.25, 0.3) is 0 Å². The number of aromatic nitrogens is 1. The molecular formula is C23H22N4O4S. The van der Waals surface area contributed by atoms with Crippen molar-refractivity contribution in [3.8, 4) is 0 Å². The minimum atomic E-state index is -0.582. The molecule has 3 aromatic rings. The van der Waals surface area contributed by atoms with E-state index < -0.39 is 5.97 Å². The van der Waals surface area contributed by atoms with Crippen molar-refractivity contribution in [1.82, 2.24) is 9.88 Å². The third kappa shape index (κ3) is 5.30. The van der Waals surface area contributed by atoms with Crippen LogP contribution in [0.15, 0.2) is 66.2 Å². The van der Waals surface area contributed by atoms with Crippen LogP contribution in [0.3, 0.4) is 0 Å². The number of esters is 1. The summed E-state index contributed by atoms with van der Waals surface area (Å²) < 4.78 is 5.19. The average Bonchev–Trinajstić information content (AvgIpc) is 3.39. The van der Waals surface area contributed by atoms with Gasteiger partial charge in [0.25, 0.3) is 11.8 Å². The van der Waals surface area contributed by atoms with Gasteiger partial charge in [0.1, 0.15) is 5.82 Å². The molecule has 1 N–H and O–H groups in total. The lowest BCUT2D eigenvalue weighted by atomic mass is 10.2.